The smallest absolute Gasteiger partial charge is 0.110 e. The average molecular weight is 148 g/mol. The Morgan fingerprint density at radius 1 is 1.20 bits per heavy atom. The van der Waals surface area contributed by atoms with E-state index in [0.29, 0.717) is 0 Å². The van der Waals surface area contributed by atoms with Crippen LogP contribution in [0.15, 0.2) is 0 Å². The second kappa shape index (κ2) is 2.84. The molecule has 0 amide bonds. The lowest BCUT2D eigenvalue weighted by molar-refractivity contribution is -0.181. The van der Waals surface area contributed by atoms with Crippen LogP contribution in [0.2, 0.25) is 0 Å². The average Bonchev–Trinajstić information content (AvgIpc) is 1.93. The molecule has 1 fully saturated rings. The number of rotatable bonds is 0. The highest BCUT2D eigenvalue weighted by molar-refractivity contribution is 4.83. The van der Waals surface area contributed by atoms with Gasteiger partial charge in [0.2, 0.25) is 0 Å². The highest BCUT2D eigenvalue weighted by atomic mass is 16.5. The van der Waals surface area contributed by atoms with Crippen molar-refractivity contribution in [3.05, 3.63) is 0 Å². The minimum absolute atomic E-state index is 0.0966. The zero-order chi connectivity index (χ0) is 7.72. The van der Waals surface area contributed by atoms with Gasteiger partial charge < -0.3 is 20.1 Å². The van der Waals surface area contributed by atoms with Crippen LogP contribution in [-0.2, 0) is 4.74 Å². The van der Waals surface area contributed by atoms with Crippen LogP contribution in [-0.4, -0.2) is 46.3 Å². The number of ether oxygens (including phenoxy) is 1. The van der Waals surface area contributed by atoms with Crippen molar-refractivity contribution in [1.29, 1.82) is 0 Å². The lowest BCUT2D eigenvalue weighted by Crippen LogP contribution is -2.51. The quantitative estimate of drug-likeness (QED) is 0.390. The Labute approximate surface area is 59.1 Å². The number of aliphatic hydroxyl groups excluding tert-OH is 3. The first kappa shape index (κ1) is 7.94. The summed E-state index contributed by atoms with van der Waals surface area (Å²) in [6, 6.07) is 0. The van der Waals surface area contributed by atoms with Crippen LogP contribution in [0, 0.1) is 0 Å². The van der Waals surface area contributed by atoms with Gasteiger partial charge >= 0.3 is 0 Å². The maximum Gasteiger partial charge on any atom is 0.110 e. The van der Waals surface area contributed by atoms with Crippen LogP contribution < -0.4 is 0 Å². The summed E-state index contributed by atoms with van der Waals surface area (Å²) in [5.74, 6) is 0. The van der Waals surface area contributed by atoms with Crippen LogP contribution in [0.5, 0.6) is 0 Å². The number of hydrogen-bond donors (Lipinski definition) is 3. The van der Waals surface area contributed by atoms with E-state index in [0.717, 1.165) is 0 Å². The highest BCUT2D eigenvalue weighted by Gasteiger charge is 2.34. The second-order valence-electron chi connectivity index (χ2n) is 2.59. The maximum absolute atomic E-state index is 9.08. The van der Waals surface area contributed by atoms with E-state index in [2.05, 4.69) is 0 Å². The van der Waals surface area contributed by atoms with Gasteiger partial charge in [0, 0.05) is 0 Å². The summed E-state index contributed by atoms with van der Waals surface area (Å²) in [6.07, 6.45) is -3.38. The van der Waals surface area contributed by atoms with E-state index in [-0.39, 0.29) is 6.61 Å². The minimum atomic E-state index is -1.07. The van der Waals surface area contributed by atoms with Crippen LogP contribution in [0.4, 0.5) is 0 Å². The lowest BCUT2D eigenvalue weighted by Gasteiger charge is -2.33. The van der Waals surface area contributed by atoms with Crippen molar-refractivity contribution in [1.82, 2.24) is 0 Å². The molecule has 4 nitrogen and oxygen atoms in total. The molecule has 1 aliphatic rings. The first-order valence-corrected chi connectivity index (χ1v) is 3.28. The third kappa shape index (κ3) is 1.29. The Balaban J connectivity index is 2.52. The molecule has 0 bridgehead atoms. The van der Waals surface area contributed by atoms with Gasteiger partial charge in [0.1, 0.15) is 18.3 Å². The summed E-state index contributed by atoms with van der Waals surface area (Å²) < 4.78 is 4.91. The maximum atomic E-state index is 9.08. The molecule has 1 heterocycles. The molecule has 0 aromatic rings. The molecule has 1 aliphatic heterocycles. The largest absolute Gasteiger partial charge is 0.388 e. The number of aliphatic hydroxyl groups is 3. The van der Waals surface area contributed by atoms with Gasteiger partial charge in [0.05, 0.1) is 12.7 Å². The second-order valence-corrected chi connectivity index (χ2v) is 2.59. The molecular weight excluding hydrogens is 136 g/mol. The Bertz CT molecular complexity index is 102. The summed E-state index contributed by atoms with van der Waals surface area (Å²) in [5, 5.41) is 27.0. The van der Waals surface area contributed by atoms with Gasteiger partial charge in [-0.05, 0) is 6.92 Å². The van der Waals surface area contributed by atoms with Crippen LogP contribution in [0.1, 0.15) is 6.92 Å². The molecule has 4 heteroatoms. The lowest BCUT2D eigenvalue weighted by atomic mass is 10.0. The molecular formula is C6H12O4. The fourth-order valence-corrected chi connectivity index (χ4v) is 0.953. The van der Waals surface area contributed by atoms with Gasteiger partial charge in [-0.3, -0.25) is 0 Å². The third-order valence-electron chi connectivity index (χ3n) is 1.75. The topological polar surface area (TPSA) is 69.9 Å². The van der Waals surface area contributed by atoms with E-state index in [1.807, 2.05) is 0 Å². The van der Waals surface area contributed by atoms with Gasteiger partial charge in [0.25, 0.3) is 0 Å². The van der Waals surface area contributed by atoms with Crippen LogP contribution in [0.3, 0.4) is 0 Å². The molecule has 0 aromatic heterocycles. The first-order chi connectivity index (χ1) is 4.63. The van der Waals surface area contributed by atoms with Crippen LogP contribution in [0.25, 0.3) is 0 Å². The van der Waals surface area contributed by atoms with E-state index < -0.39 is 24.4 Å². The SMILES string of the molecule is C[C@H]1OC[C@H](O)[C@H](O)[C@H]1O. The first-order valence-electron chi connectivity index (χ1n) is 3.28. The standard InChI is InChI=1S/C6H12O4/c1-3-5(8)6(9)4(7)2-10-3/h3-9H,2H2,1H3/t3-,4+,5+,6+/m1/s1. The van der Waals surface area contributed by atoms with Crippen molar-refractivity contribution in [2.24, 2.45) is 0 Å². The van der Waals surface area contributed by atoms with Gasteiger partial charge in [-0.2, -0.15) is 0 Å². The summed E-state index contributed by atoms with van der Waals surface area (Å²) in [4.78, 5) is 0. The predicted molar refractivity (Wildman–Crippen MR) is 33.4 cm³/mol. The zero-order valence-electron chi connectivity index (χ0n) is 5.77. The molecule has 0 unspecified atom stereocenters. The molecule has 1 rings (SSSR count). The van der Waals surface area contributed by atoms with E-state index in [4.69, 9.17) is 20.1 Å². The molecule has 4 atom stereocenters. The van der Waals surface area contributed by atoms with Crippen LogP contribution >= 0.6 is 0 Å². The van der Waals surface area contributed by atoms with Gasteiger partial charge in [-0.25, -0.2) is 0 Å². The van der Waals surface area contributed by atoms with Gasteiger partial charge in [-0.15, -0.1) is 0 Å². The summed E-state index contributed by atoms with van der Waals surface area (Å²) in [5.41, 5.74) is 0. The fraction of sp³-hybridized carbons (Fsp3) is 1.00. The van der Waals surface area contributed by atoms with Crippen molar-refractivity contribution < 1.29 is 20.1 Å². The summed E-state index contributed by atoms with van der Waals surface area (Å²) >= 11 is 0. The molecule has 0 aliphatic carbocycles. The Morgan fingerprint density at radius 2 is 1.80 bits per heavy atom. The Hall–Kier alpha value is -0.160. The monoisotopic (exact) mass is 148 g/mol. The van der Waals surface area contributed by atoms with E-state index in [9.17, 15) is 0 Å². The van der Waals surface area contributed by atoms with Crippen molar-refractivity contribution in [2.45, 2.75) is 31.3 Å². The van der Waals surface area contributed by atoms with Gasteiger partial charge in [0.15, 0.2) is 0 Å². The molecule has 1 saturated heterocycles. The molecule has 10 heavy (non-hydrogen) atoms. The Kier molecular flexibility index (Phi) is 2.25. The molecule has 0 radical (unpaired) electrons. The molecule has 0 spiro atoms. The summed E-state index contributed by atoms with van der Waals surface area (Å²) in [7, 11) is 0. The van der Waals surface area contributed by atoms with Crippen molar-refractivity contribution in [2.75, 3.05) is 6.61 Å². The van der Waals surface area contributed by atoms with E-state index >= 15 is 0 Å². The van der Waals surface area contributed by atoms with E-state index in [1.165, 1.54) is 0 Å². The van der Waals surface area contributed by atoms with Crippen molar-refractivity contribution in [3.8, 4) is 0 Å². The predicted octanol–water partition coefficient (Wildman–Crippen LogP) is -1.51. The van der Waals surface area contributed by atoms with Crippen molar-refractivity contribution in [3.63, 3.8) is 0 Å². The normalized spacial score (nSPS) is 49.2. The molecule has 60 valence electrons. The third-order valence-corrected chi connectivity index (χ3v) is 1.75. The fourth-order valence-electron chi connectivity index (χ4n) is 0.953. The molecule has 0 saturated carbocycles. The highest BCUT2D eigenvalue weighted by Crippen LogP contribution is 2.14. The molecule has 3 N–H and O–H groups in total. The summed E-state index contributed by atoms with van der Waals surface area (Å²) in [6.45, 7) is 1.75. The number of hydrogen-bond acceptors (Lipinski definition) is 4. The zero-order valence-corrected chi connectivity index (χ0v) is 5.77. The molecule has 0 aromatic carbocycles. The minimum Gasteiger partial charge on any atom is -0.388 e. The van der Waals surface area contributed by atoms with E-state index in [1.54, 1.807) is 6.92 Å². The van der Waals surface area contributed by atoms with Gasteiger partial charge in [-0.1, -0.05) is 0 Å². The van der Waals surface area contributed by atoms with Crippen molar-refractivity contribution >= 4 is 0 Å². The Morgan fingerprint density at radius 3 is 2.30 bits per heavy atom.